The van der Waals surface area contributed by atoms with Crippen LogP contribution >= 0.6 is 15.9 Å². The first kappa shape index (κ1) is 13.0. The summed E-state index contributed by atoms with van der Waals surface area (Å²) in [6.07, 6.45) is 0. The minimum Gasteiger partial charge on any atom is -0.455 e. The average molecular weight is 306 g/mol. The molecule has 2 aromatic carbocycles. The summed E-state index contributed by atoms with van der Waals surface area (Å²) in [5, 5.41) is 0. The Bertz CT molecular complexity index is 570. The molecule has 0 amide bonds. The summed E-state index contributed by atoms with van der Waals surface area (Å²) in [5.74, 6) is 1.52. The minimum absolute atomic E-state index is 0.652. The predicted octanol–water partition coefficient (Wildman–Crippen LogP) is 4.75. The molecule has 3 heteroatoms. The lowest BCUT2D eigenvalue weighted by Gasteiger charge is -2.12. The number of anilines is 1. The Morgan fingerprint density at radius 3 is 2.22 bits per heavy atom. The van der Waals surface area contributed by atoms with E-state index in [0.29, 0.717) is 11.4 Å². The number of hydrogen-bond donors (Lipinski definition) is 1. The normalized spacial score (nSPS) is 10.4. The summed E-state index contributed by atoms with van der Waals surface area (Å²) in [5.41, 5.74) is 9.99. The van der Waals surface area contributed by atoms with Crippen LogP contribution in [-0.4, -0.2) is 0 Å². The molecule has 18 heavy (non-hydrogen) atoms. The zero-order chi connectivity index (χ0) is 13.3. The average Bonchev–Trinajstić information content (AvgIpc) is 2.31. The van der Waals surface area contributed by atoms with E-state index in [0.717, 1.165) is 26.9 Å². The van der Waals surface area contributed by atoms with Gasteiger partial charge in [-0.2, -0.15) is 0 Å². The molecular weight excluding hydrogens is 290 g/mol. The second kappa shape index (κ2) is 5.02. The van der Waals surface area contributed by atoms with Gasteiger partial charge >= 0.3 is 0 Å². The molecule has 0 aliphatic carbocycles. The number of rotatable bonds is 2. The van der Waals surface area contributed by atoms with Crippen LogP contribution in [0.15, 0.2) is 34.8 Å². The van der Waals surface area contributed by atoms with Crippen LogP contribution in [0.4, 0.5) is 5.69 Å². The van der Waals surface area contributed by atoms with Crippen LogP contribution in [-0.2, 0) is 0 Å². The van der Waals surface area contributed by atoms with Crippen LogP contribution in [0.1, 0.15) is 16.7 Å². The van der Waals surface area contributed by atoms with Gasteiger partial charge in [0.2, 0.25) is 0 Å². The van der Waals surface area contributed by atoms with Crippen molar-refractivity contribution in [2.24, 2.45) is 0 Å². The topological polar surface area (TPSA) is 35.2 Å². The molecule has 0 saturated heterocycles. The molecule has 0 heterocycles. The van der Waals surface area contributed by atoms with E-state index in [1.165, 1.54) is 0 Å². The first-order chi connectivity index (χ1) is 8.47. The van der Waals surface area contributed by atoms with Crippen molar-refractivity contribution < 1.29 is 4.74 Å². The second-order valence-electron chi connectivity index (χ2n) is 4.51. The van der Waals surface area contributed by atoms with Gasteiger partial charge in [0.1, 0.15) is 5.75 Å². The van der Waals surface area contributed by atoms with Gasteiger partial charge in [-0.15, -0.1) is 0 Å². The van der Waals surface area contributed by atoms with Gasteiger partial charge in [0.15, 0.2) is 5.75 Å². The summed E-state index contributed by atoms with van der Waals surface area (Å²) in [6, 6.07) is 9.78. The van der Waals surface area contributed by atoms with E-state index in [1.807, 2.05) is 51.1 Å². The third-order valence-corrected chi connectivity index (χ3v) is 4.06. The van der Waals surface area contributed by atoms with Gasteiger partial charge in [-0.25, -0.2) is 0 Å². The zero-order valence-corrected chi connectivity index (χ0v) is 12.3. The van der Waals surface area contributed by atoms with Crippen molar-refractivity contribution in [3.05, 3.63) is 51.5 Å². The first-order valence-electron chi connectivity index (χ1n) is 5.78. The molecule has 0 radical (unpaired) electrons. The van der Waals surface area contributed by atoms with Crippen LogP contribution in [0.2, 0.25) is 0 Å². The molecule has 0 bridgehead atoms. The highest BCUT2D eigenvalue weighted by molar-refractivity contribution is 9.10. The Labute approximate surface area is 116 Å². The lowest BCUT2D eigenvalue weighted by atomic mass is 10.1. The molecule has 94 valence electrons. The van der Waals surface area contributed by atoms with Gasteiger partial charge in [0, 0.05) is 4.47 Å². The number of halogens is 1. The van der Waals surface area contributed by atoms with E-state index in [1.54, 1.807) is 0 Å². The SMILES string of the molecule is Cc1ccc(N)c(Oc2cc(C)c(Br)c(C)c2)c1. The monoisotopic (exact) mass is 305 g/mol. The van der Waals surface area contributed by atoms with Crippen molar-refractivity contribution in [3.63, 3.8) is 0 Å². The van der Waals surface area contributed by atoms with E-state index in [-0.39, 0.29) is 0 Å². The maximum Gasteiger partial charge on any atom is 0.150 e. The zero-order valence-electron chi connectivity index (χ0n) is 10.8. The molecule has 0 saturated carbocycles. The summed E-state index contributed by atoms with van der Waals surface area (Å²) in [6.45, 7) is 6.11. The van der Waals surface area contributed by atoms with Crippen LogP contribution in [0, 0.1) is 20.8 Å². The van der Waals surface area contributed by atoms with Gasteiger partial charge in [-0.3, -0.25) is 0 Å². The molecule has 0 spiro atoms. The highest BCUT2D eigenvalue weighted by Crippen LogP contribution is 2.32. The fourth-order valence-electron chi connectivity index (χ4n) is 1.82. The molecule has 0 unspecified atom stereocenters. The highest BCUT2D eigenvalue weighted by Gasteiger charge is 2.06. The third-order valence-electron chi connectivity index (χ3n) is 2.81. The van der Waals surface area contributed by atoms with Crippen molar-refractivity contribution in [2.45, 2.75) is 20.8 Å². The molecule has 0 aromatic heterocycles. The lowest BCUT2D eigenvalue weighted by molar-refractivity contribution is 0.483. The fraction of sp³-hybridized carbons (Fsp3) is 0.200. The van der Waals surface area contributed by atoms with Gasteiger partial charge in [0.05, 0.1) is 5.69 Å². The van der Waals surface area contributed by atoms with E-state index in [4.69, 9.17) is 10.5 Å². The van der Waals surface area contributed by atoms with E-state index < -0.39 is 0 Å². The summed E-state index contributed by atoms with van der Waals surface area (Å²) in [4.78, 5) is 0. The standard InChI is InChI=1S/C15H16BrNO/c1-9-4-5-13(17)14(6-9)18-12-7-10(2)15(16)11(3)8-12/h4-8H,17H2,1-3H3. The summed E-state index contributed by atoms with van der Waals surface area (Å²) >= 11 is 3.54. The first-order valence-corrected chi connectivity index (χ1v) is 6.57. The van der Waals surface area contributed by atoms with Crippen LogP contribution in [0.3, 0.4) is 0 Å². The Kier molecular flexibility index (Phi) is 3.62. The van der Waals surface area contributed by atoms with Crippen molar-refractivity contribution in [2.75, 3.05) is 5.73 Å². The maximum atomic E-state index is 5.91. The van der Waals surface area contributed by atoms with E-state index in [2.05, 4.69) is 15.9 Å². The number of hydrogen-bond acceptors (Lipinski definition) is 2. The van der Waals surface area contributed by atoms with Crippen LogP contribution in [0.5, 0.6) is 11.5 Å². The molecule has 0 atom stereocenters. The van der Waals surface area contributed by atoms with Gasteiger partial charge in [0.25, 0.3) is 0 Å². The molecule has 0 fully saturated rings. The van der Waals surface area contributed by atoms with E-state index in [9.17, 15) is 0 Å². The van der Waals surface area contributed by atoms with Gasteiger partial charge in [-0.1, -0.05) is 22.0 Å². The molecule has 2 N–H and O–H groups in total. The highest BCUT2D eigenvalue weighted by atomic mass is 79.9. The number of ether oxygens (including phenoxy) is 1. The number of benzene rings is 2. The molecule has 2 nitrogen and oxygen atoms in total. The largest absolute Gasteiger partial charge is 0.455 e. The van der Waals surface area contributed by atoms with Crippen molar-refractivity contribution in [3.8, 4) is 11.5 Å². The quantitative estimate of drug-likeness (QED) is 0.813. The Balaban J connectivity index is 2.37. The Morgan fingerprint density at radius 2 is 1.61 bits per heavy atom. The summed E-state index contributed by atoms with van der Waals surface area (Å²) < 4.78 is 6.98. The van der Waals surface area contributed by atoms with Crippen LogP contribution in [0.25, 0.3) is 0 Å². The molecule has 2 rings (SSSR count). The fourth-order valence-corrected chi connectivity index (χ4v) is 2.05. The number of nitrogen functional groups attached to an aromatic ring is 1. The minimum atomic E-state index is 0.652. The molecule has 0 aliphatic heterocycles. The van der Waals surface area contributed by atoms with Crippen molar-refractivity contribution in [1.29, 1.82) is 0 Å². The smallest absolute Gasteiger partial charge is 0.150 e. The number of aryl methyl sites for hydroxylation is 3. The van der Waals surface area contributed by atoms with Gasteiger partial charge in [-0.05, 0) is 61.7 Å². The van der Waals surface area contributed by atoms with E-state index >= 15 is 0 Å². The van der Waals surface area contributed by atoms with Crippen molar-refractivity contribution >= 4 is 21.6 Å². The molecule has 2 aromatic rings. The van der Waals surface area contributed by atoms with Gasteiger partial charge < -0.3 is 10.5 Å². The molecular formula is C15H16BrNO. The molecule has 0 aliphatic rings. The lowest BCUT2D eigenvalue weighted by Crippen LogP contribution is -1.94. The Morgan fingerprint density at radius 1 is 1.00 bits per heavy atom. The number of nitrogens with two attached hydrogens (primary N) is 1. The second-order valence-corrected chi connectivity index (χ2v) is 5.31. The Hall–Kier alpha value is -1.48. The predicted molar refractivity (Wildman–Crippen MR) is 79.3 cm³/mol. The van der Waals surface area contributed by atoms with Crippen molar-refractivity contribution in [1.82, 2.24) is 0 Å². The van der Waals surface area contributed by atoms with Crippen LogP contribution < -0.4 is 10.5 Å². The summed E-state index contributed by atoms with van der Waals surface area (Å²) in [7, 11) is 0. The maximum absolute atomic E-state index is 5.91. The third kappa shape index (κ3) is 2.67.